The number of tetrazole rings is 1. The van der Waals surface area contributed by atoms with Gasteiger partial charge in [-0.05, 0) is 54.7 Å². The normalized spacial score (nSPS) is 19.7. The summed E-state index contributed by atoms with van der Waals surface area (Å²) < 4.78 is 1.68. The fourth-order valence-electron chi connectivity index (χ4n) is 4.84. The van der Waals surface area contributed by atoms with Gasteiger partial charge in [0.25, 0.3) is 0 Å². The average molecular weight is 416 g/mol. The van der Waals surface area contributed by atoms with Crippen molar-refractivity contribution in [1.82, 2.24) is 25.5 Å². The number of rotatable bonds is 7. The molecular weight excluding hydrogens is 384 g/mol. The number of hydrogen-bond acceptors (Lipinski definition) is 5. The van der Waals surface area contributed by atoms with Crippen LogP contribution in [0.3, 0.4) is 0 Å². The second-order valence-corrected chi connectivity index (χ2v) is 9.22. The van der Waals surface area contributed by atoms with Crippen molar-refractivity contribution >= 4 is 17.7 Å². The van der Waals surface area contributed by atoms with Crippen LogP contribution < -0.4 is 10.2 Å². The molecule has 156 valence electrons. The van der Waals surface area contributed by atoms with Crippen LogP contribution in [0.4, 0.5) is 0 Å². The summed E-state index contributed by atoms with van der Waals surface area (Å²) in [5.41, 5.74) is 1.14. The van der Waals surface area contributed by atoms with Gasteiger partial charge in [0, 0.05) is 12.8 Å². The van der Waals surface area contributed by atoms with Crippen LogP contribution in [0, 0.1) is 0 Å². The molecule has 0 unspecified atom stereocenters. The zero-order valence-corrected chi connectivity index (χ0v) is 17.8. The largest absolute Gasteiger partial charge is 0.349 e. The molecule has 0 atom stereocenters. The molecule has 4 rings (SSSR count). The maximum atomic E-state index is 12.6. The Morgan fingerprint density at radius 2 is 1.79 bits per heavy atom. The molecule has 8 heteroatoms. The van der Waals surface area contributed by atoms with Crippen LogP contribution >= 0.6 is 11.8 Å². The van der Waals surface area contributed by atoms with E-state index in [0.29, 0.717) is 10.9 Å². The quantitative estimate of drug-likeness (QED) is 0.673. The predicted molar refractivity (Wildman–Crippen MR) is 113 cm³/mol. The fraction of sp³-hybridized carbons (Fsp3) is 0.619. The highest BCUT2D eigenvalue weighted by Crippen LogP contribution is 2.26. The van der Waals surface area contributed by atoms with Crippen LogP contribution in [0.1, 0.15) is 51.4 Å². The number of likely N-dealkylation sites (tertiary alicyclic amines) is 1. The van der Waals surface area contributed by atoms with Gasteiger partial charge in [0.1, 0.15) is 5.54 Å². The van der Waals surface area contributed by atoms with E-state index < -0.39 is 0 Å². The number of benzene rings is 1. The van der Waals surface area contributed by atoms with E-state index in [9.17, 15) is 4.79 Å². The minimum atomic E-state index is 0.0685. The van der Waals surface area contributed by atoms with Gasteiger partial charge in [-0.3, -0.25) is 4.79 Å². The standard InChI is InChI=1S/C21H30N6OS/c28-19(16-29-20-23-24-25-27(20)18-10-4-1-5-11-18)22-17-21(12-6-2-7-13-21)26-14-8-3-9-15-26/h1,4-5,10-11H,2-3,6-9,12-17H2,(H,22,28)/p+1. The molecule has 1 amide bonds. The topological polar surface area (TPSA) is 77.1 Å². The van der Waals surface area contributed by atoms with Crippen LogP contribution in [0.15, 0.2) is 35.5 Å². The maximum Gasteiger partial charge on any atom is 0.230 e. The van der Waals surface area contributed by atoms with Crippen molar-refractivity contribution in [2.24, 2.45) is 0 Å². The zero-order valence-electron chi connectivity index (χ0n) is 17.0. The summed E-state index contributed by atoms with van der Waals surface area (Å²) in [5, 5.41) is 15.8. The molecule has 7 nitrogen and oxygen atoms in total. The second-order valence-electron chi connectivity index (χ2n) is 8.28. The third kappa shape index (κ3) is 4.98. The molecule has 0 bridgehead atoms. The number of nitrogens with one attached hydrogen (secondary N) is 2. The Balaban J connectivity index is 1.33. The average Bonchev–Trinajstić information content (AvgIpc) is 3.27. The van der Waals surface area contributed by atoms with Gasteiger partial charge in [0.2, 0.25) is 11.1 Å². The van der Waals surface area contributed by atoms with E-state index in [1.165, 1.54) is 76.2 Å². The lowest BCUT2D eigenvalue weighted by atomic mass is 9.79. The van der Waals surface area contributed by atoms with Gasteiger partial charge in [-0.2, -0.15) is 4.68 Å². The first-order chi connectivity index (χ1) is 14.3. The van der Waals surface area contributed by atoms with Crippen molar-refractivity contribution in [3.05, 3.63) is 30.3 Å². The molecule has 2 fully saturated rings. The molecule has 1 saturated carbocycles. The Bertz CT molecular complexity index is 783. The lowest BCUT2D eigenvalue weighted by Crippen LogP contribution is -3.22. The molecule has 2 aromatic rings. The van der Waals surface area contributed by atoms with Crippen molar-refractivity contribution in [2.45, 2.75) is 62.1 Å². The molecule has 1 aromatic heterocycles. The van der Waals surface area contributed by atoms with Crippen molar-refractivity contribution < 1.29 is 9.69 Å². The van der Waals surface area contributed by atoms with E-state index in [0.717, 1.165) is 12.2 Å². The number of carbonyl (C=O) groups excluding carboxylic acids is 1. The number of piperidine rings is 1. The Hall–Kier alpha value is -1.93. The minimum Gasteiger partial charge on any atom is -0.349 e. The third-order valence-corrected chi connectivity index (χ3v) is 7.34. The summed E-state index contributed by atoms with van der Waals surface area (Å²) >= 11 is 1.39. The molecule has 2 N–H and O–H groups in total. The highest BCUT2D eigenvalue weighted by Gasteiger charge is 2.42. The van der Waals surface area contributed by atoms with E-state index in [4.69, 9.17) is 0 Å². The summed E-state index contributed by atoms with van der Waals surface area (Å²) in [6.07, 6.45) is 10.4. The number of nitrogens with zero attached hydrogens (tertiary/aromatic N) is 4. The van der Waals surface area contributed by atoms with E-state index in [2.05, 4.69) is 20.8 Å². The summed E-state index contributed by atoms with van der Waals surface area (Å²) in [6.45, 7) is 3.32. The number of para-hydroxylation sites is 1. The van der Waals surface area contributed by atoms with Gasteiger partial charge in [0.15, 0.2) is 0 Å². The van der Waals surface area contributed by atoms with E-state index in [1.54, 1.807) is 9.58 Å². The van der Waals surface area contributed by atoms with Crippen LogP contribution in [0.5, 0.6) is 0 Å². The number of thioether (sulfide) groups is 1. The fourth-order valence-corrected chi connectivity index (χ4v) is 5.56. The highest BCUT2D eigenvalue weighted by atomic mass is 32.2. The molecule has 29 heavy (non-hydrogen) atoms. The van der Waals surface area contributed by atoms with Crippen molar-refractivity contribution in [3.63, 3.8) is 0 Å². The Morgan fingerprint density at radius 1 is 1.07 bits per heavy atom. The molecular formula is C21H31N6OS+. The van der Waals surface area contributed by atoms with Gasteiger partial charge >= 0.3 is 0 Å². The number of hydrogen-bond donors (Lipinski definition) is 2. The van der Waals surface area contributed by atoms with Gasteiger partial charge in [-0.1, -0.05) is 36.4 Å². The van der Waals surface area contributed by atoms with E-state index in [-0.39, 0.29) is 11.4 Å². The Morgan fingerprint density at radius 3 is 2.55 bits per heavy atom. The Kier molecular flexibility index (Phi) is 6.82. The van der Waals surface area contributed by atoms with Gasteiger partial charge in [0.05, 0.1) is 31.1 Å². The number of carbonyl (C=O) groups is 1. The molecule has 2 aliphatic rings. The summed E-state index contributed by atoms with van der Waals surface area (Å²) in [7, 11) is 0. The predicted octanol–water partition coefficient (Wildman–Crippen LogP) is 1.64. The highest BCUT2D eigenvalue weighted by molar-refractivity contribution is 7.99. The number of aromatic nitrogens is 4. The van der Waals surface area contributed by atoms with Crippen molar-refractivity contribution in [2.75, 3.05) is 25.4 Å². The summed E-state index contributed by atoms with van der Waals surface area (Å²) in [5.74, 6) is 0.400. The summed E-state index contributed by atoms with van der Waals surface area (Å²) in [4.78, 5) is 14.4. The first-order valence-corrected chi connectivity index (χ1v) is 11.8. The lowest BCUT2D eigenvalue weighted by molar-refractivity contribution is -0.957. The zero-order chi connectivity index (χ0) is 19.9. The maximum absolute atomic E-state index is 12.6. The molecule has 1 aliphatic carbocycles. The third-order valence-electron chi connectivity index (χ3n) is 6.42. The van der Waals surface area contributed by atoms with Crippen molar-refractivity contribution in [3.8, 4) is 5.69 Å². The van der Waals surface area contributed by atoms with Crippen LogP contribution in [0.2, 0.25) is 0 Å². The number of amides is 1. The van der Waals surface area contributed by atoms with E-state index in [1.807, 2.05) is 30.3 Å². The lowest BCUT2D eigenvalue weighted by Gasteiger charge is -2.45. The molecule has 2 heterocycles. The smallest absolute Gasteiger partial charge is 0.230 e. The second kappa shape index (κ2) is 9.71. The SMILES string of the molecule is O=C(CSc1nnnn1-c1ccccc1)NCC1([NH+]2CCCCC2)CCCCC1. The molecule has 0 spiro atoms. The first-order valence-electron chi connectivity index (χ1n) is 10.9. The van der Waals surface area contributed by atoms with Gasteiger partial charge in [-0.15, -0.1) is 5.10 Å². The van der Waals surface area contributed by atoms with Gasteiger partial charge < -0.3 is 10.2 Å². The number of quaternary nitrogens is 1. The van der Waals surface area contributed by atoms with Crippen LogP contribution in [0.25, 0.3) is 5.69 Å². The van der Waals surface area contributed by atoms with Crippen molar-refractivity contribution in [1.29, 1.82) is 0 Å². The first kappa shape index (κ1) is 20.3. The Labute approximate surface area is 176 Å². The summed E-state index contributed by atoms with van der Waals surface area (Å²) in [6, 6.07) is 9.76. The molecule has 1 aromatic carbocycles. The minimum absolute atomic E-state index is 0.0685. The van der Waals surface area contributed by atoms with Crippen LogP contribution in [-0.2, 0) is 4.79 Å². The van der Waals surface area contributed by atoms with Gasteiger partial charge in [-0.25, -0.2) is 0 Å². The molecule has 1 aliphatic heterocycles. The van der Waals surface area contributed by atoms with Crippen LogP contribution in [-0.4, -0.2) is 57.0 Å². The molecule has 0 radical (unpaired) electrons. The monoisotopic (exact) mass is 415 g/mol. The van der Waals surface area contributed by atoms with E-state index >= 15 is 0 Å². The molecule has 1 saturated heterocycles.